The fraction of sp³-hybridized carbons (Fsp3) is 0.316. The van der Waals surface area contributed by atoms with E-state index in [1.807, 2.05) is 25.1 Å². The largest absolute Gasteiger partial charge is 0.397 e. The Balaban J connectivity index is 1.50. The van der Waals surface area contributed by atoms with E-state index in [4.69, 9.17) is 5.73 Å². The maximum Gasteiger partial charge on any atom is 0.129 e. The van der Waals surface area contributed by atoms with Crippen molar-refractivity contribution in [3.63, 3.8) is 0 Å². The zero-order chi connectivity index (χ0) is 16.1. The molecule has 3 rings (SSSR count). The summed E-state index contributed by atoms with van der Waals surface area (Å²) in [6.45, 7) is 7.10. The molecule has 0 saturated carbocycles. The van der Waals surface area contributed by atoms with Gasteiger partial charge >= 0.3 is 0 Å². The van der Waals surface area contributed by atoms with Gasteiger partial charge in [0, 0.05) is 32.7 Å². The number of pyridine rings is 1. The highest BCUT2D eigenvalue weighted by Gasteiger charge is 2.17. The lowest BCUT2D eigenvalue weighted by Crippen LogP contribution is -2.46. The molecule has 1 aromatic carbocycles. The van der Waals surface area contributed by atoms with Crippen LogP contribution < -0.4 is 10.6 Å². The van der Waals surface area contributed by atoms with Crippen LogP contribution in [-0.4, -0.2) is 42.6 Å². The Labute approximate surface area is 138 Å². The van der Waals surface area contributed by atoms with Crippen LogP contribution in [0.15, 0.2) is 48.5 Å². The maximum atomic E-state index is 5.85. The number of benzene rings is 1. The second-order valence-corrected chi connectivity index (χ2v) is 5.94. The van der Waals surface area contributed by atoms with Crippen LogP contribution in [0.1, 0.15) is 11.3 Å². The van der Waals surface area contributed by atoms with Gasteiger partial charge in [0.1, 0.15) is 5.82 Å². The molecule has 0 atom stereocenters. The molecule has 1 aromatic heterocycles. The SMILES string of the molecule is Cc1nc(N2CCN(C/C=C/c3ccccc3)CC2)ccc1N. The van der Waals surface area contributed by atoms with Gasteiger partial charge in [0.05, 0.1) is 11.4 Å². The Hall–Kier alpha value is -2.33. The normalized spacial score (nSPS) is 16.1. The predicted octanol–water partition coefficient (Wildman–Crippen LogP) is 2.81. The van der Waals surface area contributed by atoms with Gasteiger partial charge in [-0.1, -0.05) is 42.5 Å². The van der Waals surface area contributed by atoms with Crippen molar-refractivity contribution >= 4 is 17.6 Å². The average molecular weight is 308 g/mol. The third-order valence-corrected chi connectivity index (χ3v) is 4.28. The van der Waals surface area contributed by atoms with Crippen molar-refractivity contribution in [1.82, 2.24) is 9.88 Å². The third-order valence-electron chi connectivity index (χ3n) is 4.28. The Morgan fingerprint density at radius 2 is 1.78 bits per heavy atom. The molecule has 4 heteroatoms. The number of hydrogen-bond acceptors (Lipinski definition) is 4. The standard InChI is InChI=1S/C19H24N4/c1-16-18(20)9-10-19(21-16)23-14-12-22(13-15-23)11-5-8-17-6-3-2-4-7-17/h2-10H,11-15,20H2,1H3/b8-5+. The number of nitrogens with zero attached hydrogens (tertiary/aromatic N) is 3. The molecule has 0 unspecified atom stereocenters. The number of aromatic nitrogens is 1. The average Bonchev–Trinajstić information content (AvgIpc) is 2.59. The zero-order valence-electron chi connectivity index (χ0n) is 13.7. The summed E-state index contributed by atoms with van der Waals surface area (Å²) in [6.07, 6.45) is 4.44. The second-order valence-electron chi connectivity index (χ2n) is 5.94. The maximum absolute atomic E-state index is 5.85. The number of anilines is 2. The fourth-order valence-electron chi connectivity index (χ4n) is 2.80. The molecule has 23 heavy (non-hydrogen) atoms. The molecule has 1 aliphatic rings. The van der Waals surface area contributed by atoms with E-state index in [1.54, 1.807) is 0 Å². The first kappa shape index (κ1) is 15.6. The van der Waals surface area contributed by atoms with Gasteiger partial charge in [-0.15, -0.1) is 0 Å². The first-order chi connectivity index (χ1) is 11.2. The molecule has 4 nitrogen and oxygen atoms in total. The van der Waals surface area contributed by atoms with Crippen molar-refractivity contribution in [2.24, 2.45) is 0 Å². The molecular formula is C19H24N4. The van der Waals surface area contributed by atoms with E-state index in [1.165, 1.54) is 5.56 Å². The smallest absolute Gasteiger partial charge is 0.129 e. The van der Waals surface area contributed by atoms with Crippen LogP contribution in [0.4, 0.5) is 11.5 Å². The lowest BCUT2D eigenvalue weighted by Gasteiger charge is -2.35. The summed E-state index contributed by atoms with van der Waals surface area (Å²) >= 11 is 0. The minimum Gasteiger partial charge on any atom is -0.397 e. The summed E-state index contributed by atoms with van der Waals surface area (Å²) in [5.74, 6) is 1.04. The van der Waals surface area contributed by atoms with E-state index < -0.39 is 0 Å². The molecule has 1 saturated heterocycles. The van der Waals surface area contributed by atoms with Crippen LogP contribution in [0.3, 0.4) is 0 Å². The quantitative estimate of drug-likeness (QED) is 0.943. The van der Waals surface area contributed by atoms with E-state index >= 15 is 0 Å². The van der Waals surface area contributed by atoms with Crippen LogP contribution in [0.25, 0.3) is 6.08 Å². The lowest BCUT2D eigenvalue weighted by atomic mass is 10.2. The summed E-state index contributed by atoms with van der Waals surface area (Å²) in [4.78, 5) is 9.40. The first-order valence-electron chi connectivity index (χ1n) is 8.14. The van der Waals surface area contributed by atoms with Gasteiger partial charge in [0.25, 0.3) is 0 Å². The van der Waals surface area contributed by atoms with Gasteiger partial charge in [0.2, 0.25) is 0 Å². The number of nitrogens with two attached hydrogens (primary N) is 1. The van der Waals surface area contributed by atoms with Crippen LogP contribution in [0.5, 0.6) is 0 Å². The van der Waals surface area contributed by atoms with Gasteiger partial charge in [-0.2, -0.15) is 0 Å². The molecular weight excluding hydrogens is 284 g/mol. The number of hydrogen-bond donors (Lipinski definition) is 1. The van der Waals surface area contributed by atoms with Crippen LogP contribution in [0.2, 0.25) is 0 Å². The summed E-state index contributed by atoms with van der Waals surface area (Å²) < 4.78 is 0. The number of aryl methyl sites for hydroxylation is 1. The third kappa shape index (κ3) is 4.11. The van der Waals surface area contributed by atoms with Gasteiger partial charge in [-0.05, 0) is 24.6 Å². The van der Waals surface area contributed by atoms with Crippen molar-refractivity contribution in [2.45, 2.75) is 6.92 Å². The Morgan fingerprint density at radius 3 is 2.48 bits per heavy atom. The topological polar surface area (TPSA) is 45.4 Å². The van der Waals surface area contributed by atoms with E-state index in [-0.39, 0.29) is 0 Å². The molecule has 1 fully saturated rings. The van der Waals surface area contributed by atoms with Gasteiger partial charge < -0.3 is 10.6 Å². The van der Waals surface area contributed by atoms with Crippen molar-refractivity contribution in [3.05, 3.63) is 59.8 Å². The molecule has 2 heterocycles. The molecule has 120 valence electrons. The molecule has 2 N–H and O–H groups in total. The molecule has 0 amide bonds. The Bertz CT molecular complexity index is 658. The van der Waals surface area contributed by atoms with Gasteiger partial charge in [-0.3, -0.25) is 4.90 Å². The van der Waals surface area contributed by atoms with Crippen LogP contribution >= 0.6 is 0 Å². The van der Waals surface area contributed by atoms with Crippen LogP contribution in [0, 0.1) is 6.92 Å². The number of nitrogen functional groups attached to an aromatic ring is 1. The Morgan fingerprint density at radius 1 is 1.04 bits per heavy atom. The second kappa shape index (κ2) is 7.29. The first-order valence-corrected chi connectivity index (χ1v) is 8.14. The van der Waals surface area contributed by atoms with Gasteiger partial charge in [0.15, 0.2) is 0 Å². The molecule has 0 radical (unpaired) electrons. The van der Waals surface area contributed by atoms with Crippen molar-refractivity contribution in [2.75, 3.05) is 43.4 Å². The summed E-state index contributed by atoms with van der Waals surface area (Å²) in [7, 11) is 0. The van der Waals surface area contributed by atoms with E-state index in [2.05, 4.69) is 51.2 Å². The van der Waals surface area contributed by atoms with Crippen molar-refractivity contribution in [3.8, 4) is 0 Å². The highest BCUT2D eigenvalue weighted by Crippen LogP contribution is 2.17. The number of piperazine rings is 1. The lowest BCUT2D eigenvalue weighted by molar-refractivity contribution is 0.283. The summed E-state index contributed by atoms with van der Waals surface area (Å²) in [6, 6.07) is 14.4. The minimum atomic E-state index is 0.762. The van der Waals surface area contributed by atoms with Crippen LogP contribution in [-0.2, 0) is 0 Å². The zero-order valence-corrected chi connectivity index (χ0v) is 13.7. The predicted molar refractivity (Wildman–Crippen MR) is 97.5 cm³/mol. The van der Waals surface area contributed by atoms with Crippen molar-refractivity contribution in [1.29, 1.82) is 0 Å². The van der Waals surface area contributed by atoms with Crippen molar-refractivity contribution < 1.29 is 0 Å². The van der Waals surface area contributed by atoms with E-state index in [0.29, 0.717) is 0 Å². The van der Waals surface area contributed by atoms with E-state index in [0.717, 1.165) is 49.9 Å². The summed E-state index contributed by atoms with van der Waals surface area (Å²) in [5.41, 5.74) is 8.78. The monoisotopic (exact) mass is 308 g/mol. The molecule has 0 aliphatic carbocycles. The highest BCUT2D eigenvalue weighted by atomic mass is 15.3. The molecule has 0 spiro atoms. The van der Waals surface area contributed by atoms with E-state index in [9.17, 15) is 0 Å². The summed E-state index contributed by atoms with van der Waals surface area (Å²) in [5, 5.41) is 0. The minimum absolute atomic E-state index is 0.762. The molecule has 1 aliphatic heterocycles. The fourth-order valence-corrected chi connectivity index (χ4v) is 2.80. The molecule has 0 bridgehead atoms. The Kier molecular flexibility index (Phi) is 4.93. The number of rotatable bonds is 4. The van der Waals surface area contributed by atoms with Gasteiger partial charge in [-0.25, -0.2) is 4.98 Å². The highest BCUT2D eigenvalue weighted by molar-refractivity contribution is 5.51. The molecule has 2 aromatic rings.